The second-order valence-corrected chi connectivity index (χ2v) is 5.27. The Balaban J connectivity index is 1.99. The van der Waals surface area contributed by atoms with Crippen LogP contribution in [0.25, 0.3) is 10.9 Å². The fourth-order valence-electron chi connectivity index (χ4n) is 2.80. The van der Waals surface area contributed by atoms with Crippen molar-refractivity contribution in [3.05, 3.63) is 30.0 Å². The summed E-state index contributed by atoms with van der Waals surface area (Å²) >= 11 is 0. The van der Waals surface area contributed by atoms with Crippen molar-refractivity contribution in [2.45, 2.75) is 12.8 Å². The van der Waals surface area contributed by atoms with E-state index in [2.05, 4.69) is 23.3 Å². The Bertz CT molecular complexity index is 555. The van der Waals surface area contributed by atoms with Crippen LogP contribution < -0.4 is 5.73 Å². The van der Waals surface area contributed by atoms with Crippen LogP contribution in [0.5, 0.6) is 0 Å². The van der Waals surface area contributed by atoms with Gasteiger partial charge in [0.2, 0.25) is 0 Å². The molecule has 4 nitrogen and oxygen atoms in total. The number of aryl methyl sites for hydroxylation is 1. The highest BCUT2D eigenvalue weighted by molar-refractivity contribution is 5.81. The lowest BCUT2D eigenvalue weighted by atomic mass is 9.82. The number of nitrogens with two attached hydrogens (primary N) is 1. The highest BCUT2D eigenvalue weighted by Gasteiger charge is 2.35. The molecule has 4 heteroatoms. The maximum absolute atomic E-state index is 5.95. The molecule has 2 aromatic rings. The maximum Gasteiger partial charge on any atom is 0.0710 e. The molecule has 0 radical (unpaired) electrons. The lowest BCUT2D eigenvalue weighted by Crippen LogP contribution is -2.33. The quantitative estimate of drug-likeness (QED) is 0.891. The summed E-state index contributed by atoms with van der Waals surface area (Å²) in [6.07, 6.45) is 1.94. The van der Waals surface area contributed by atoms with Gasteiger partial charge >= 0.3 is 0 Å². The zero-order chi connectivity index (χ0) is 12.6. The molecule has 0 aliphatic carbocycles. The number of hydrogen-bond acceptors (Lipinski definition) is 3. The van der Waals surface area contributed by atoms with Gasteiger partial charge in [-0.25, -0.2) is 0 Å². The van der Waals surface area contributed by atoms with Gasteiger partial charge in [0.1, 0.15) is 0 Å². The molecular weight excluding hydrogens is 226 g/mol. The first-order chi connectivity index (χ1) is 8.74. The molecule has 2 heterocycles. The van der Waals surface area contributed by atoms with Crippen LogP contribution in [0.1, 0.15) is 12.1 Å². The van der Waals surface area contributed by atoms with Crippen molar-refractivity contribution >= 4 is 10.9 Å². The van der Waals surface area contributed by atoms with Crippen LogP contribution in [-0.4, -0.2) is 29.5 Å². The molecule has 0 amide bonds. The first-order valence-corrected chi connectivity index (χ1v) is 6.43. The zero-order valence-corrected chi connectivity index (χ0v) is 10.7. The van der Waals surface area contributed by atoms with Crippen LogP contribution in [0.4, 0.5) is 0 Å². The fourth-order valence-corrected chi connectivity index (χ4v) is 2.80. The summed E-state index contributed by atoms with van der Waals surface area (Å²) in [7, 11) is 1.99. The molecule has 1 saturated heterocycles. The summed E-state index contributed by atoms with van der Waals surface area (Å²) in [5.74, 6) is 0. The number of para-hydroxylation sites is 1. The largest absolute Gasteiger partial charge is 0.381 e. The summed E-state index contributed by atoms with van der Waals surface area (Å²) in [5, 5.41) is 5.89. The van der Waals surface area contributed by atoms with Gasteiger partial charge in [0.25, 0.3) is 0 Å². The molecule has 1 aliphatic heterocycles. The first-order valence-electron chi connectivity index (χ1n) is 6.43. The maximum atomic E-state index is 5.95. The number of hydrogen-bond donors (Lipinski definition) is 1. The SMILES string of the molecule is Cn1nc(CC2(CN)CCOC2)c2ccccc21. The van der Waals surface area contributed by atoms with Gasteiger partial charge in [-0.1, -0.05) is 18.2 Å². The number of rotatable bonds is 3. The van der Waals surface area contributed by atoms with Gasteiger partial charge in [-0.3, -0.25) is 4.68 Å². The average molecular weight is 245 g/mol. The molecule has 1 fully saturated rings. The van der Waals surface area contributed by atoms with Gasteiger partial charge < -0.3 is 10.5 Å². The molecule has 3 rings (SSSR count). The van der Waals surface area contributed by atoms with Crippen LogP contribution in [-0.2, 0) is 18.2 Å². The smallest absolute Gasteiger partial charge is 0.0710 e. The summed E-state index contributed by atoms with van der Waals surface area (Å²) in [4.78, 5) is 0. The van der Waals surface area contributed by atoms with Crippen molar-refractivity contribution in [2.24, 2.45) is 18.2 Å². The van der Waals surface area contributed by atoms with Gasteiger partial charge in [0.05, 0.1) is 17.8 Å². The van der Waals surface area contributed by atoms with Crippen molar-refractivity contribution < 1.29 is 4.74 Å². The molecule has 2 N–H and O–H groups in total. The van der Waals surface area contributed by atoms with Gasteiger partial charge in [-0.2, -0.15) is 5.10 Å². The summed E-state index contributed by atoms with van der Waals surface area (Å²) in [6.45, 7) is 2.24. The zero-order valence-electron chi connectivity index (χ0n) is 10.7. The van der Waals surface area contributed by atoms with E-state index >= 15 is 0 Å². The van der Waals surface area contributed by atoms with E-state index in [9.17, 15) is 0 Å². The topological polar surface area (TPSA) is 53.1 Å². The fraction of sp³-hybridized carbons (Fsp3) is 0.500. The lowest BCUT2D eigenvalue weighted by Gasteiger charge is -2.24. The highest BCUT2D eigenvalue weighted by atomic mass is 16.5. The Kier molecular flexibility index (Phi) is 2.84. The summed E-state index contributed by atoms with van der Waals surface area (Å²) in [5.41, 5.74) is 8.36. The second kappa shape index (κ2) is 4.37. The Morgan fingerprint density at radius 2 is 2.28 bits per heavy atom. The number of nitrogens with zero attached hydrogens (tertiary/aromatic N) is 2. The molecule has 1 atom stereocenters. The van der Waals surface area contributed by atoms with Crippen molar-refractivity contribution in [1.82, 2.24) is 9.78 Å². The predicted molar refractivity (Wildman–Crippen MR) is 71.3 cm³/mol. The molecule has 0 spiro atoms. The monoisotopic (exact) mass is 245 g/mol. The number of ether oxygens (including phenoxy) is 1. The first kappa shape index (κ1) is 11.7. The van der Waals surface area contributed by atoms with E-state index in [1.807, 2.05) is 17.8 Å². The number of benzene rings is 1. The van der Waals surface area contributed by atoms with E-state index in [0.29, 0.717) is 6.54 Å². The lowest BCUT2D eigenvalue weighted by molar-refractivity contribution is 0.154. The third-order valence-corrected chi connectivity index (χ3v) is 3.99. The molecule has 18 heavy (non-hydrogen) atoms. The molecule has 96 valence electrons. The van der Waals surface area contributed by atoms with Crippen LogP contribution in [0.15, 0.2) is 24.3 Å². The molecule has 1 aromatic carbocycles. The minimum absolute atomic E-state index is 0.0805. The van der Waals surface area contributed by atoms with Gasteiger partial charge in [-0.05, 0) is 12.5 Å². The molecule has 1 aliphatic rings. The third-order valence-electron chi connectivity index (χ3n) is 3.99. The Hall–Kier alpha value is -1.39. The van der Waals surface area contributed by atoms with Crippen molar-refractivity contribution in [3.63, 3.8) is 0 Å². The molecule has 0 bridgehead atoms. The van der Waals surface area contributed by atoms with Crippen molar-refractivity contribution in [3.8, 4) is 0 Å². The van der Waals surface area contributed by atoms with E-state index in [-0.39, 0.29) is 5.41 Å². The van der Waals surface area contributed by atoms with E-state index in [4.69, 9.17) is 10.5 Å². The predicted octanol–water partition coefficient (Wildman–Crippen LogP) is 1.48. The third kappa shape index (κ3) is 1.82. The van der Waals surface area contributed by atoms with E-state index in [1.165, 1.54) is 10.9 Å². The highest BCUT2D eigenvalue weighted by Crippen LogP contribution is 2.33. The minimum atomic E-state index is 0.0805. The molecular formula is C14H19N3O. The Morgan fingerprint density at radius 3 is 3.00 bits per heavy atom. The minimum Gasteiger partial charge on any atom is -0.381 e. The van der Waals surface area contributed by atoms with Crippen molar-refractivity contribution in [2.75, 3.05) is 19.8 Å². The number of fused-ring (bicyclic) bond motifs is 1. The Morgan fingerprint density at radius 1 is 1.44 bits per heavy atom. The van der Waals surface area contributed by atoms with Crippen LogP contribution in [0, 0.1) is 5.41 Å². The van der Waals surface area contributed by atoms with E-state index in [0.717, 1.165) is 31.7 Å². The van der Waals surface area contributed by atoms with Gasteiger partial charge in [0, 0.05) is 37.4 Å². The van der Waals surface area contributed by atoms with E-state index < -0.39 is 0 Å². The van der Waals surface area contributed by atoms with E-state index in [1.54, 1.807) is 0 Å². The summed E-state index contributed by atoms with van der Waals surface area (Å²) in [6, 6.07) is 8.35. The second-order valence-electron chi connectivity index (χ2n) is 5.27. The molecule has 1 unspecified atom stereocenters. The summed E-state index contributed by atoms with van der Waals surface area (Å²) < 4.78 is 7.48. The van der Waals surface area contributed by atoms with Gasteiger partial charge in [-0.15, -0.1) is 0 Å². The van der Waals surface area contributed by atoms with Crippen LogP contribution in [0.2, 0.25) is 0 Å². The molecule has 0 saturated carbocycles. The molecule has 1 aromatic heterocycles. The standard InChI is InChI=1S/C14H19N3O/c1-17-13-5-3-2-4-11(13)12(16-17)8-14(9-15)6-7-18-10-14/h2-5H,6-10,15H2,1H3. The van der Waals surface area contributed by atoms with Crippen molar-refractivity contribution in [1.29, 1.82) is 0 Å². The normalized spacial score (nSPS) is 23.9. The van der Waals surface area contributed by atoms with Crippen LogP contribution >= 0.6 is 0 Å². The van der Waals surface area contributed by atoms with Crippen LogP contribution in [0.3, 0.4) is 0 Å². The number of aromatic nitrogens is 2. The Labute approximate surface area is 107 Å². The average Bonchev–Trinajstić information content (AvgIpc) is 2.98. The van der Waals surface area contributed by atoms with Gasteiger partial charge in [0.15, 0.2) is 0 Å².